The molecule has 2 rings (SSSR count). The van der Waals surface area contributed by atoms with E-state index in [1.54, 1.807) is 30.5 Å². The van der Waals surface area contributed by atoms with Gasteiger partial charge < -0.3 is 15.8 Å². The number of Topliss-reactive ketones (excluding diaryl/α,β-unsaturated/α-hetero) is 1. The number of aromatic nitrogens is 2. The molecule has 0 spiro atoms. The van der Waals surface area contributed by atoms with Gasteiger partial charge in [-0.1, -0.05) is 23.7 Å². The van der Waals surface area contributed by atoms with E-state index in [0.29, 0.717) is 11.4 Å². The molecule has 0 aliphatic carbocycles. The van der Waals surface area contributed by atoms with E-state index < -0.39 is 23.9 Å². The van der Waals surface area contributed by atoms with Gasteiger partial charge in [-0.2, -0.15) is 5.10 Å². The number of amides is 2. The number of H-pyrrole nitrogens is 1. The molecule has 0 aliphatic rings. The van der Waals surface area contributed by atoms with E-state index in [1.165, 1.54) is 6.92 Å². The quantitative estimate of drug-likeness (QED) is 0.733. The SMILES string of the molecule is CC(OC(N)=O)C(=O)Cc1cccc(Cl)c1C(=O)Nc1cc[nH]n1. The van der Waals surface area contributed by atoms with Crippen LogP contribution in [-0.4, -0.2) is 34.1 Å². The van der Waals surface area contributed by atoms with Crippen LogP contribution in [0.5, 0.6) is 0 Å². The summed E-state index contributed by atoms with van der Waals surface area (Å²) in [7, 11) is 0. The monoisotopic (exact) mass is 350 g/mol. The molecule has 24 heavy (non-hydrogen) atoms. The number of ether oxygens (including phenoxy) is 1. The van der Waals surface area contributed by atoms with Gasteiger partial charge >= 0.3 is 6.09 Å². The molecule has 8 nitrogen and oxygen atoms in total. The number of hydrogen-bond acceptors (Lipinski definition) is 5. The van der Waals surface area contributed by atoms with Crippen LogP contribution in [-0.2, 0) is 16.0 Å². The number of rotatable bonds is 6. The second-order valence-corrected chi connectivity index (χ2v) is 5.32. The molecule has 2 aromatic rings. The van der Waals surface area contributed by atoms with Crippen molar-refractivity contribution in [3.05, 3.63) is 46.6 Å². The standard InChI is InChI=1S/C15H15ClN4O4/c1-8(24-15(17)23)11(21)7-9-3-2-4-10(16)13(9)14(22)19-12-5-6-18-20-12/h2-6,8H,7H2,1H3,(H2,17,23)(H2,18,19,20,22). The van der Waals surface area contributed by atoms with Crippen molar-refractivity contribution in [2.75, 3.05) is 5.32 Å². The lowest BCUT2D eigenvalue weighted by molar-refractivity contribution is -0.125. The Hall–Kier alpha value is -2.87. The van der Waals surface area contributed by atoms with E-state index in [9.17, 15) is 14.4 Å². The Balaban J connectivity index is 2.21. The van der Waals surface area contributed by atoms with Gasteiger partial charge in [0.25, 0.3) is 5.91 Å². The molecule has 9 heteroatoms. The third kappa shape index (κ3) is 4.32. The van der Waals surface area contributed by atoms with Gasteiger partial charge in [0.15, 0.2) is 17.7 Å². The van der Waals surface area contributed by atoms with Gasteiger partial charge in [0, 0.05) is 18.7 Å². The van der Waals surface area contributed by atoms with Crippen LogP contribution < -0.4 is 11.1 Å². The lowest BCUT2D eigenvalue weighted by Crippen LogP contribution is -2.29. The highest BCUT2D eigenvalue weighted by Crippen LogP contribution is 2.22. The highest BCUT2D eigenvalue weighted by molar-refractivity contribution is 6.34. The average molecular weight is 351 g/mol. The first-order chi connectivity index (χ1) is 11.4. The summed E-state index contributed by atoms with van der Waals surface area (Å²) >= 11 is 6.11. The van der Waals surface area contributed by atoms with E-state index in [4.69, 9.17) is 17.3 Å². The first-order valence-electron chi connectivity index (χ1n) is 6.95. The van der Waals surface area contributed by atoms with Gasteiger partial charge in [0.1, 0.15) is 0 Å². The van der Waals surface area contributed by atoms with Crippen LogP contribution >= 0.6 is 11.6 Å². The Morgan fingerprint density at radius 3 is 2.75 bits per heavy atom. The molecule has 0 fully saturated rings. The number of carbonyl (C=O) groups is 3. The van der Waals surface area contributed by atoms with E-state index in [0.717, 1.165) is 0 Å². The third-order valence-corrected chi connectivity index (χ3v) is 3.50. The van der Waals surface area contributed by atoms with Crippen molar-refractivity contribution in [1.29, 1.82) is 0 Å². The number of carbonyl (C=O) groups excluding carboxylic acids is 3. The number of primary amides is 1. The van der Waals surface area contributed by atoms with Crippen LogP contribution in [0, 0.1) is 0 Å². The Labute approximate surface area is 142 Å². The minimum atomic E-state index is -1.04. The van der Waals surface area contributed by atoms with Gasteiger partial charge in [0.05, 0.1) is 10.6 Å². The van der Waals surface area contributed by atoms with Crippen molar-refractivity contribution in [3.63, 3.8) is 0 Å². The fourth-order valence-electron chi connectivity index (χ4n) is 2.05. The second kappa shape index (κ2) is 7.60. The highest BCUT2D eigenvalue weighted by Gasteiger charge is 2.22. The summed E-state index contributed by atoms with van der Waals surface area (Å²) in [5.74, 6) is -0.591. The van der Waals surface area contributed by atoms with Gasteiger partial charge in [-0.3, -0.25) is 14.7 Å². The lowest BCUT2D eigenvalue weighted by Gasteiger charge is -2.13. The van der Waals surface area contributed by atoms with Crippen molar-refractivity contribution in [2.24, 2.45) is 5.73 Å². The maximum atomic E-state index is 12.4. The highest BCUT2D eigenvalue weighted by atomic mass is 35.5. The molecule has 1 aromatic carbocycles. The van der Waals surface area contributed by atoms with Crippen LogP contribution in [0.2, 0.25) is 5.02 Å². The molecule has 0 bridgehead atoms. The molecule has 1 atom stereocenters. The summed E-state index contributed by atoms with van der Waals surface area (Å²) in [5.41, 5.74) is 5.45. The van der Waals surface area contributed by atoms with E-state index in [1.807, 2.05) is 0 Å². The first-order valence-corrected chi connectivity index (χ1v) is 7.33. The third-order valence-electron chi connectivity index (χ3n) is 3.18. The molecule has 0 saturated heterocycles. The topological polar surface area (TPSA) is 127 Å². The van der Waals surface area contributed by atoms with Crippen molar-refractivity contribution >= 4 is 35.2 Å². The van der Waals surface area contributed by atoms with Crippen LogP contribution in [0.15, 0.2) is 30.5 Å². The smallest absolute Gasteiger partial charge is 0.405 e. The zero-order valence-corrected chi connectivity index (χ0v) is 13.5. The maximum absolute atomic E-state index is 12.4. The van der Waals surface area contributed by atoms with Crippen LogP contribution in [0.3, 0.4) is 0 Å². The number of hydrogen-bond donors (Lipinski definition) is 3. The van der Waals surface area contributed by atoms with E-state index in [2.05, 4.69) is 20.3 Å². The van der Waals surface area contributed by atoms with Crippen molar-refractivity contribution in [2.45, 2.75) is 19.4 Å². The van der Waals surface area contributed by atoms with Gasteiger partial charge in [-0.25, -0.2) is 4.79 Å². The number of nitrogens with two attached hydrogens (primary N) is 1. The number of benzene rings is 1. The normalized spacial score (nSPS) is 11.6. The molecule has 0 radical (unpaired) electrons. The first kappa shape index (κ1) is 17.5. The summed E-state index contributed by atoms with van der Waals surface area (Å²) in [6, 6.07) is 6.33. The Morgan fingerprint density at radius 1 is 1.38 bits per heavy atom. The zero-order valence-electron chi connectivity index (χ0n) is 12.7. The number of aromatic amines is 1. The zero-order chi connectivity index (χ0) is 17.7. The summed E-state index contributed by atoms with van der Waals surface area (Å²) in [4.78, 5) is 35.3. The van der Waals surface area contributed by atoms with E-state index in [-0.39, 0.29) is 17.0 Å². The Morgan fingerprint density at radius 2 is 2.12 bits per heavy atom. The second-order valence-electron chi connectivity index (χ2n) is 4.91. The molecule has 2 amide bonds. The van der Waals surface area contributed by atoms with Crippen molar-refractivity contribution in [3.8, 4) is 0 Å². The minimum Gasteiger partial charge on any atom is -0.439 e. The van der Waals surface area contributed by atoms with Gasteiger partial charge in [0.2, 0.25) is 0 Å². The number of anilines is 1. The van der Waals surface area contributed by atoms with Crippen LogP contribution in [0.1, 0.15) is 22.8 Å². The number of nitrogens with one attached hydrogen (secondary N) is 2. The molecule has 126 valence electrons. The van der Waals surface area contributed by atoms with Gasteiger partial charge in [-0.15, -0.1) is 0 Å². The Bertz CT molecular complexity index is 761. The van der Waals surface area contributed by atoms with Crippen LogP contribution in [0.4, 0.5) is 10.6 Å². The summed E-state index contributed by atoms with van der Waals surface area (Å²) in [6.45, 7) is 1.40. The minimum absolute atomic E-state index is 0.141. The summed E-state index contributed by atoms with van der Waals surface area (Å²) in [5, 5.41) is 9.16. The molecular weight excluding hydrogens is 336 g/mol. The number of nitrogens with zero attached hydrogens (tertiary/aromatic N) is 1. The average Bonchev–Trinajstić information content (AvgIpc) is 2.99. The fraction of sp³-hybridized carbons (Fsp3) is 0.200. The number of halogens is 1. The molecule has 1 unspecified atom stereocenters. The van der Waals surface area contributed by atoms with Gasteiger partial charge in [-0.05, 0) is 18.6 Å². The predicted octanol–water partition coefficient (Wildman–Crippen LogP) is 1.91. The summed E-state index contributed by atoms with van der Waals surface area (Å²) < 4.78 is 4.64. The molecule has 1 heterocycles. The van der Waals surface area contributed by atoms with Crippen molar-refractivity contribution in [1.82, 2.24) is 10.2 Å². The number of ketones is 1. The van der Waals surface area contributed by atoms with Crippen molar-refractivity contribution < 1.29 is 19.1 Å². The maximum Gasteiger partial charge on any atom is 0.405 e. The largest absolute Gasteiger partial charge is 0.439 e. The molecular formula is C15H15ClN4O4. The molecule has 0 saturated carbocycles. The Kier molecular flexibility index (Phi) is 5.54. The molecule has 0 aliphatic heterocycles. The van der Waals surface area contributed by atoms with Crippen LogP contribution in [0.25, 0.3) is 0 Å². The lowest BCUT2D eigenvalue weighted by atomic mass is 9.99. The fourth-order valence-corrected chi connectivity index (χ4v) is 2.33. The molecule has 4 N–H and O–H groups in total. The predicted molar refractivity (Wildman–Crippen MR) is 86.8 cm³/mol. The van der Waals surface area contributed by atoms with E-state index >= 15 is 0 Å². The molecule has 1 aromatic heterocycles. The summed E-state index contributed by atoms with van der Waals surface area (Å²) in [6.07, 6.45) is -0.657.